The SMILES string of the molecule is CC(C)(CCC(=O)OC1CCC(NC(=O)C(S)Cc2ccccc2)C(=O)C1)C1=CC=CC=CN1. The van der Waals surface area contributed by atoms with Crippen LogP contribution < -0.4 is 10.6 Å². The monoisotopic (exact) mass is 482 g/mol. The van der Waals surface area contributed by atoms with Crippen LogP contribution >= 0.6 is 12.6 Å². The van der Waals surface area contributed by atoms with Gasteiger partial charge in [0.1, 0.15) is 6.10 Å². The Morgan fingerprint density at radius 3 is 2.68 bits per heavy atom. The lowest BCUT2D eigenvalue weighted by molar-refractivity contribution is -0.153. The summed E-state index contributed by atoms with van der Waals surface area (Å²) in [6, 6.07) is 9.09. The maximum Gasteiger partial charge on any atom is 0.306 e. The minimum Gasteiger partial charge on any atom is -0.462 e. The summed E-state index contributed by atoms with van der Waals surface area (Å²) in [6.45, 7) is 4.16. The molecule has 1 fully saturated rings. The van der Waals surface area contributed by atoms with Crippen LogP contribution in [0.15, 0.2) is 66.5 Å². The van der Waals surface area contributed by atoms with Crippen molar-refractivity contribution in [3.63, 3.8) is 0 Å². The molecule has 0 radical (unpaired) electrons. The van der Waals surface area contributed by atoms with Gasteiger partial charge in [-0.15, -0.1) is 0 Å². The molecule has 1 amide bonds. The number of allylic oxidation sites excluding steroid dienone is 5. The number of ether oxygens (including phenoxy) is 1. The highest BCUT2D eigenvalue weighted by molar-refractivity contribution is 7.81. The number of hydrogen-bond donors (Lipinski definition) is 3. The van der Waals surface area contributed by atoms with E-state index in [1.807, 2.05) is 60.8 Å². The van der Waals surface area contributed by atoms with Crippen LogP contribution in [0.25, 0.3) is 0 Å². The molecule has 1 aromatic rings. The predicted octanol–water partition coefficient (Wildman–Crippen LogP) is 4.04. The molecule has 0 bridgehead atoms. The second-order valence-corrected chi connectivity index (χ2v) is 10.1. The van der Waals surface area contributed by atoms with Crippen molar-refractivity contribution in [3.8, 4) is 0 Å². The fourth-order valence-corrected chi connectivity index (χ4v) is 4.39. The number of benzene rings is 1. The Morgan fingerprint density at radius 2 is 1.94 bits per heavy atom. The topological polar surface area (TPSA) is 84.5 Å². The molecule has 0 saturated heterocycles. The quantitative estimate of drug-likeness (QED) is 0.365. The molecule has 1 aliphatic heterocycles. The molecule has 3 unspecified atom stereocenters. The van der Waals surface area contributed by atoms with Crippen molar-refractivity contribution in [2.24, 2.45) is 5.41 Å². The molecule has 7 heteroatoms. The van der Waals surface area contributed by atoms with E-state index in [0.717, 1.165) is 11.3 Å². The summed E-state index contributed by atoms with van der Waals surface area (Å²) in [5.41, 5.74) is 1.83. The Kier molecular flexibility index (Phi) is 9.16. The van der Waals surface area contributed by atoms with Crippen molar-refractivity contribution in [2.45, 2.75) is 69.8 Å². The fraction of sp³-hybridized carbons (Fsp3) is 0.444. The molecule has 34 heavy (non-hydrogen) atoms. The smallest absolute Gasteiger partial charge is 0.306 e. The molecule has 3 rings (SSSR count). The summed E-state index contributed by atoms with van der Waals surface area (Å²) in [7, 11) is 0. The normalized spacial score (nSPS) is 21.1. The summed E-state index contributed by atoms with van der Waals surface area (Å²) in [4.78, 5) is 37.6. The van der Waals surface area contributed by atoms with E-state index in [1.165, 1.54) is 0 Å². The third-order valence-corrected chi connectivity index (χ3v) is 6.70. The van der Waals surface area contributed by atoms with Crippen LogP contribution in [0, 0.1) is 5.41 Å². The Hall–Kier alpha value is -2.80. The Balaban J connectivity index is 1.41. The van der Waals surface area contributed by atoms with E-state index in [4.69, 9.17) is 4.74 Å². The molecule has 182 valence electrons. The van der Waals surface area contributed by atoms with E-state index in [9.17, 15) is 14.4 Å². The molecular weight excluding hydrogens is 448 g/mol. The van der Waals surface area contributed by atoms with Crippen molar-refractivity contribution in [2.75, 3.05) is 0 Å². The number of nitrogens with one attached hydrogen (secondary N) is 2. The number of carbonyl (C=O) groups is 3. The highest BCUT2D eigenvalue weighted by Crippen LogP contribution is 2.31. The second-order valence-electron chi connectivity index (χ2n) is 9.48. The predicted molar refractivity (Wildman–Crippen MR) is 136 cm³/mol. The van der Waals surface area contributed by atoms with Gasteiger partial charge in [-0.3, -0.25) is 14.4 Å². The molecule has 1 aliphatic carbocycles. The zero-order valence-electron chi connectivity index (χ0n) is 19.8. The maximum absolute atomic E-state index is 12.6. The first-order valence-corrected chi connectivity index (χ1v) is 12.3. The number of amides is 1. The first kappa shape index (κ1) is 25.8. The first-order valence-electron chi connectivity index (χ1n) is 11.8. The lowest BCUT2D eigenvalue weighted by Crippen LogP contribution is -2.48. The number of thiol groups is 1. The summed E-state index contributed by atoms with van der Waals surface area (Å²) in [6.07, 6.45) is 11.8. The average Bonchev–Trinajstić information content (AvgIpc) is 3.11. The number of ketones is 1. The molecule has 2 N–H and O–H groups in total. The summed E-state index contributed by atoms with van der Waals surface area (Å²) in [5, 5.41) is 5.55. The third kappa shape index (κ3) is 7.62. The van der Waals surface area contributed by atoms with Crippen LogP contribution in [0.3, 0.4) is 0 Å². The van der Waals surface area contributed by atoms with Crippen LogP contribution in [0.2, 0.25) is 0 Å². The van der Waals surface area contributed by atoms with Crippen LogP contribution in [0.4, 0.5) is 0 Å². The minimum atomic E-state index is -0.554. The van der Waals surface area contributed by atoms with Gasteiger partial charge in [-0.05, 0) is 43.4 Å². The van der Waals surface area contributed by atoms with Crippen LogP contribution in [-0.2, 0) is 25.5 Å². The lowest BCUT2D eigenvalue weighted by atomic mass is 9.83. The van der Waals surface area contributed by atoms with Crippen LogP contribution in [0.5, 0.6) is 0 Å². The zero-order valence-corrected chi connectivity index (χ0v) is 20.7. The maximum atomic E-state index is 12.6. The van der Waals surface area contributed by atoms with E-state index in [0.29, 0.717) is 25.7 Å². The van der Waals surface area contributed by atoms with E-state index in [2.05, 4.69) is 37.1 Å². The highest BCUT2D eigenvalue weighted by atomic mass is 32.1. The van der Waals surface area contributed by atoms with Gasteiger partial charge in [-0.2, -0.15) is 12.6 Å². The van der Waals surface area contributed by atoms with Crippen LogP contribution in [-0.4, -0.2) is 35.1 Å². The first-order chi connectivity index (χ1) is 16.2. The molecule has 0 aromatic heterocycles. The van der Waals surface area contributed by atoms with Crippen molar-refractivity contribution in [1.82, 2.24) is 10.6 Å². The number of esters is 1. The molecule has 1 aromatic carbocycles. The molecular formula is C27H34N2O4S. The molecule has 1 saturated carbocycles. The summed E-state index contributed by atoms with van der Waals surface area (Å²) in [5.74, 6) is -0.661. The Morgan fingerprint density at radius 1 is 1.18 bits per heavy atom. The van der Waals surface area contributed by atoms with Gasteiger partial charge in [-0.1, -0.05) is 56.3 Å². The number of hydrogen-bond acceptors (Lipinski definition) is 6. The second kappa shape index (κ2) is 12.1. The van der Waals surface area contributed by atoms with E-state index >= 15 is 0 Å². The zero-order chi connectivity index (χ0) is 24.6. The minimum absolute atomic E-state index is 0.107. The van der Waals surface area contributed by atoms with Gasteiger partial charge in [0.15, 0.2) is 5.78 Å². The molecule has 0 spiro atoms. The summed E-state index contributed by atoms with van der Waals surface area (Å²) < 4.78 is 5.59. The molecule has 1 heterocycles. The third-order valence-electron chi connectivity index (χ3n) is 6.29. The van der Waals surface area contributed by atoms with Crippen molar-refractivity contribution >= 4 is 30.3 Å². The van der Waals surface area contributed by atoms with Gasteiger partial charge in [0.05, 0.1) is 11.3 Å². The summed E-state index contributed by atoms with van der Waals surface area (Å²) >= 11 is 4.41. The largest absolute Gasteiger partial charge is 0.462 e. The van der Waals surface area contributed by atoms with Gasteiger partial charge in [0.2, 0.25) is 5.91 Å². The van der Waals surface area contributed by atoms with Gasteiger partial charge >= 0.3 is 5.97 Å². The Bertz CT molecular complexity index is 968. The van der Waals surface area contributed by atoms with Crippen LogP contribution in [0.1, 0.15) is 51.5 Å². The van der Waals surface area contributed by atoms with Gasteiger partial charge in [0, 0.05) is 30.2 Å². The number of rotatable bonds is 9. The van der Waals surface area contributed by atoms with E-state index in [-0.39, 0.29) is 35.9 Å². The van der Waals surface area contributed by atoms with Gasteiger partial charge < -0.3 is 15.4 Å². The van der Waals surface area contributed by atoms with Crippen molar-refractivity contribution in [1.29, 1.82) is 0 Å². The van der Waals surface area contributed by atoms with E-state index < -0.39 is 17.4 Å². The van der Waals surface area contributed by atoms with Crippen molar-refractivity contribution < 1.29 is 19.1 Å². The van der Waals surface area contributed by atoms with Crippen molar-refractivity contribution in [3.05, 3.63) is 72.1 Å². The average molecular weight is 483 g/mol. The number of Topliss-reactive ketones (excluding diaryl/α,β-unsaturated/α-hetero) is 1. The van der Waals surface area contributed by atoms with E-state index in [1.54, 1.807) is 0 Å². The molecule has 3 atom stereocenters. The fourth-order valence-electron chi connectivity index (χ4n) is 4.11. The van der Waals surface area contributed by atoms with Gasteiger partial charge in [-0.25, -0.2) is 0 Å². The lowest BCUT2D eigenvalue weighted by Gasteiger charge is -2.30. The number of carbonyl (C=O) groups excluding carboxylic acids is 3. The highest BCUT2D eigenvalue weighted by Gasteiger charge is 2.33. The molecule has 6 nitrogen and oxygen atoms in total. The standard InChI is InChI=1S/C27H34N2O4S/c1-27(2,24-11-7-4-8-16-28-24)15-14-25(31)33-20-12-13-21(22(30)18-20)29-26(32)23(34)17-19-9-5-3-6-10-19/h3-11,16,20-21,23,28,34H,12-15,17-18H2,1-2H3,(H,29,32). The Labute approximate surface area is 207 Å². The van der Waals surface area contributed by atoms with Gasteiger partial charge in [0.25, 0.3) is 0 Å². The molecule has 2 aliphatic rings.